The average Bonchev–Trinajstić information content (AvgIpc) is 2.59. The number of hydrogen-bond acceptors (Lipinski definition) is 3. The molecule has 0 spiro atoms. The van der Waals surface area contributed by atoms with Gasteiger partial charge >= 0.3 is 0 Å². The maximum atomic E-state index is 11.5. The summed E-state index contributed by atoms with van der Waals surface area (Å²) in [6, 6.07) is 14.6. The Labute approximate surface area is 177 Å². The van der Waals surface area contributed by atoms with E-state index in [-0.39, 0.29) is 24.0 Å². The number of aliphatic imine (C=N–C) groups is 1. The Kier molecular flexibility index (Phi) is 9.38. The molecule has 0 atom stereocenters. The van der Waals surface area contributed by atoms with Gasteiger partial charge in [0.1, 0.15) is 0 Å². The van der Waals surface area contributed by atoms with Crippen molar-refractivity contribution in [3.05, 3.63) is 64.7 Å². The number of hydrogen-bond donors (Lipinski definition) is 2. The Hall–Kier alpha value is -1.32. The van der Waals surface area contributed by atoms with Crippen LogP contribution in [-0.4, -0.2) is 34.2 Å². The van der Waals surface area contributed by atoms with E-state index in [2.05, 4.69) is 15.6 Å². The van der Waals surface area contributed by atoms with Gasteiger partial charge in [-0.3, -0.25) is 4.99 Å². The molecule has 0 saturated heterocycles. The molecule has 8 heteroatoms. The fourth-order valence-electron chi connectivity index (χ4n) is 2.27. The highest BCUT2D eigenvalue weighted by molar-refractivity contribution is 14.0. The molecule has 26 heavy (non-hydrogen) atoms. The second-order valence-corrected chi connectivity index (χ2v) is 8.03. The van der Waals surface area contributed by atoms with E-state index < -0.39 is 9.84 Å². The van der Waals surface area contributed by atoms with E-state index in [1.165, 1.54) is 6.26 Å². The minimum Gasteiger partial charge on any atom is -0.356 e. The fourth-order valence-corrected chi connectivity index (χ4v) is 3.10. The molecule has 2 aromatic rings. The van der Waals surface area contributed by atoms with Crippen molar-refractivity contribution in [3.63, 3.8) is 0 Å². The molecule has 5 nitrogen and oxygen atoms in total. The van der Waals surface area contributed by atoms with Crippen molar-refractivity contribution in [2.45, 2.75) is 17.9 Å². The van der Waals surface area contributed by atoms with Gasteiger partial charge < -0.3 is 10.6 Å². The van der Waals surface area contributed by atoms with E-state index in [1.54, 1.807) is 19.2 Å². The molecular weight excluding hydrogens is 485 g/mol. The van der Waals surface area contributed by atoms with Crippen molar-refractivity contribution in [2.24, 2.45) is 4.99 Å². The molecule has 0 fully saturated rings. The predicted octanol–water partition coefficient (Wildman–Crippen LogP) is 3.27. The second kappa shape index (κ2) is 10.7. The Bertz CT molecular complexity index is 840. The van der Waals surface area contributed by atoms with Crippen LogP contribution in [0.2, 0.25) is 5.02 Å². The largest absolute Gasteiger partial charge is 0.356 e. The molecule has 0 aliphatic carbocycles. The SMILES string of the molecule is CN=C(NCCc1ccc(S(C)(=O)=O)cc1)NCc1ccccc1Cl.I. The summed E-state index contributed by atoms with van der Waals surface area (Å²) in [5.74, 6) is 0.688. The van der Waals surface area contributed by atoms with Gasteiger partial charge in [0.05, 0.1) is 4.90 Å². The third-order valence-electron chi connectivity index (χ3n) is 3.69. The lowest BCUT2D eigenvalue weighted by Crippen LogP contribution is -2.37. The summed E-state index contributed by atoms with van der Waals surface area (Å²) in [6.45, 7) is 1.27. The van der Waals surface area contributed by atoms with Crippen LogP contribution in [0, 0.1) is 0 Å². The maximum absolute atomic E-state index is 11.5. The minimum absolute atomic E-state index is 0. The predicted molar refractivity (Wildman–Crippen MR) is 118 cm³/mol. The van der Waals surface area contributed by atoms with E-state index in [0.29, 0.717) is 23.9 Å². The smallest absolute Gasteiger partial charge is 0.191 e. The van der Waals surface area contributed by atoms with Crippen LogP contribution in [0.3, 0.4) is 0 Å². The first-order valence-electron chi connectivity index (χ1n) is 7.87. The van der Waals surface area contributed by atoms with E-state index >= 15 is 0 Å². The van der Waals surface area contributed by atoms with Crippen LogP contribution in [0.4, 0.5) is 0 Å². The van der Waals surface area contributed by atoms with Gasteiger partial charge in [-0.25, -0.2) is 8.42 Å². The molecule has 2 aromatic carbocycles. The van der Waals surface area contributed by atoms with Gasteiger partial charge in [-0.05, 0) is 35.7 Å². The number of nitrogens with one attached hydrogen (secondary N) is 2. The van der Waals surface area contributed by atoms with Crippen LogP contribution in [0.1, 0.15) is 11.1 Å². The summed E-state index contributed by atoms with van der Waals surface area (Å²) >= 11 is 6.14. The molecule has 0 aliphatic heterocycles. The number of nitrogens with zero attached hydrogens (tertiary/aromatic N) is 1. The van der Waals surface area contributed by atoms with E-state index in [1.807, 2.05) is 36.4 Å². The zero-order chi connectivity index (χ0) is 18.3. The summed E-state index contributed by atoms with van der Waals surface area (Å²) in [5.41, 5.74) is 2.06. The number of benzene rings is 2. The number of halogens is 2. The van der Waals surface area contributed by atoms with Gasteiger partial charge in [0.2, 0.25) is 0 Å². The Morgan fingerprint density at radius 1 is 1.08 bits per heavy atom. The van der Waals surface area contributed by atoms with Crippen LogP contribution in [0.25, 0.3) is 0 Å². The normalized spacial score (nSPS) is 11.6. The lowest BCUT2D eigenvalue weighted by Gasteiger charge is -2.12. The molecule has 0 heterocycles. The second-order valence-electron chi connectivity index (χ2n) is 5.61. The summed E-state index contributed by atoms with van der Waals surface area (Å²) in [7, 11) is -1.44. The summed E-state index contributed by atoms with van der Waals surface area (Å²) in [5, 5.41) is 7.17. The maximum Gasteiger partial charge on any atom is 0.191 e. The van der Waals surface area contributed by atoms with E-state index in [9.17, 15) is 8.42 Å². The first-order chi connectivity index (χ1) is 11.9. The molecule has 2 rings (SSSR count). The Morgan fingerprint density at radius 2 is 1.73 bits per heavy atom. The quantitative estimate of drug-likeness (QED) is 0.358. The van der Waals surface area contributed by atoms with Gasteiger partial charge in [0, 0.05) is 31.4 Å². The molecule has 0 saturated carbocycles. The molecule has 0 amide bonds. The lowest BCUT2D eigenvalue weighted by molar-refractivity contribution is 0.602. The van der Waals surface area contributed by atoms with Crippen LogP contribution in [-0.2, 0) is 22.8 Å². The highest BCUT2D eigenvalue weighted by atomic mass is 127. The zero-order valence-electron chi connectivity index (χ0n) is 14.7. The zero-order valence-corrected chi connectivity index (χ0v) is 18.6. The van der Waals surface area contributed by atoms with E-state index in [0.717, 1.165) is 22.6 Å². The van der Waals surface area contributed by atoms with Crippen molar-refractivity contribution >= 4 is 51.4 Å². The van der Waals surface area contributed by atoms with Crippen molar-refractivity contribution in [3.8, 4) is 0 Å². The topological polar surface area (TPSA) is 70.6 Å². The first-order valence-corrected chi connectivity index (χ1v) is 10.1. The molecule has 0 aliphatic rings. The highest BCUT2D eigenvalue weighted by Gasteiger charge is 2.06. The van der Waals surface area contributed by atoms with Crippen molar-refractivity contribution in [1.29, 1.82) is 0 Å². The molecule has 0 unspecified atom stereocenters. The van der Waals surface area contributed by atoms with Crippen LogP contribution < -0.4 is 10.6 Å². The van der Waals surface area contributed by atoms with Gasteiger partial charge in [-0.2, -0.15) is 0 Å². The number of guanidine groups is 1. The van der Waals surface area contributed by atoms with Crippen LogP contribution in [0.5, 0.6) is 0 Å². The summed E-state index contributed by atoms with van der Waals surface area (Å²) in [6.07, 6.45) is 1.97. The van der Waals surface area contributed by atoms with Crippen molar-refractivity contribution < 1.29 is 8.42 Å². The monoisotopic (exact) mass is 507 g/mol. The third kappa shape index (κ3) is 7.13. The molecule has 0 radical (unpaired) electrons. The minimum atomic E-state index is -3.15. The fraction of sp³-hybridized carbons (Fsp3) is 0.278. The molecule has 0 bridgehead atoms. The van der Waals surface area contributed by atoms with Gasteiger partial charge in [-0.15, -0.1) is 24.0 Å². The van der Waals surface area contributed by atoms with Gasteiger partial charge in [0.25, 0.3) is 0 Å². The highest BCUT2D eigenvalue weighted by Crippen LogP contribution is 2.14. The Balaban J connectivity index is 0.00000338. The van der Waals surface area contributed by atoms with Crippen molar-refractivity contribution in [2.75, 3.05) is 19.8 Å². The average molecular weight is 508 g/mol. The molecular formula is C18H23ClIN3O2S. The molecule has 2 N–H and O–H groups in total. The number of sulfone groups is 1. The molecule has 142 valence electrons. The molecule has 0 aromatic heterocycles. The Morgan fingerprint density at radius 3 is 2.31 bits per heavy atom. The standard InChI is InChI=1S/C18H22ClN3O2S.HI/c1-20-18(22-13-15-5-3-4-6-17(15)19)21-12-11-14-7-9-16(10-8-14)25(2,23)24;/h3-10H,11-13H2,1-2H3,(H2,20,21,22);1H. The van der Waals surface area contributed by atoms with Crippen LogP contribution in [0.15, 0.2) is 58.4 Å². The van der Waals surface area contributed by atoms with Gasteiger partial charge in [0.15, 0.2) is 15.8 Å². The first kappa shape index (κ1) is 22.7. The van der Waals surface area contributed by atoms with Crippen molar-refractivity contribution in [1.82, 2.24) is 10.6 Å². The number of rotatable bonds is 6. The van der Waals surface area contributed by atoms with E-state index in [4.69, 9.17) is 11.6 Å². The summed E-state index contributed by atoms with van der Waals surface area (Å²) < 4.78 is 22.9. The van der Waals surface area contributed by atoms with Crippen LogP contribution >= 0.6 is 35.6 Å². The van der Waals surface area contributed by atoms with Gasteiger partial charge in [-0.1, -0.05) is 41.9 Å². The third-order valence-corrected chi connectivity index (χ3v) is 5.18. The lowest BCUT2D eigenvalue weighted by atomic mass is 10.1. The summed E-state index contributed by atoms with van der Waals surface area (Å²) in [4.78, 5) is 4.52.